The molecule has 3 aromatic carbocycles. The number of halogens is 1. The average Bonchev–Trinajstić information content (AvgIpc) is 3.28. The van der Waals surface area contributed by atoms with E-state index in [0.717, 1.165) is 11.1 Å². The first-order valence-electron chi connectivity index (χ1n) is 10.5. The lowest BCUT2D eigenvalue weighted by molar-refractivity contribution is -0.143. The largest absolute Gasteiger partial charge is 0.469 e. The predicted octanol–water partition coefficient (Wildman–Crippen LogP) is 5.12. The molecule has 3 aromatic rings. The lowest BCUT2D eigenvalue weighted by Gasteiger charge is -2.22. The summed E-state index contributed by atoms with van der Waals surface area (Å²) in [7, 11) is 1.30. The van der Waals surface area contributed by atoms with E-state index in [4.69, 9.17) is 4.74 Å². The molecule has 0 bridgehead atoms. The Balaban J connectivity index is 1.43. The molecule has 1 aliphatic rings. The molecule has 1 aliphatic carbocycles. The molecule has 0 unspecified atom stereocenters. The minimum Gasteiger partial charge on any atom is -0.469 e. The van der Waals surface area contributed by atoms with E-state index in [1.54, 1.807) is 30.3 Å². The Morgan fingerprint density at radius 2 is 1.56 bits per heavy atom. The first kappa shape index (κ1) is 21.5. The number of carbonyl (C=O) groups excluding carboxylic acids is 2. The third-order valence-corrected chi connectivity index (χ3v) is 5.81. The highest BCUT2D eigenvalue weighted by molar-refractivity contribution is 5.95. The van der Waals surface area contributed by atoms with Gasteiger partial charge in [0, 0.05) is 17.2 Å². The first-order valence-corrected chi connectivity index (χ1v) is 10.5. The predicted molar refractivity (Wildman–Crippen MR) is 122 cm³/mol. The number of carbonyl (C=O) groups is 2. The Hall–Kier alpha value is -3.73. The number of rotatable bonds is 6. The Labute approximate surface area is 186 Å². The van der Waals surface area contributed by atoms with Crippen LogP contribution >= 0.6 is 0 Å². The van der Waals surface area contributed by atoms with Crippen LogP contribution in [0.25, 0.3) is 11.1 Å². The van der Waals surface area contributed by atoms with Gasteiger partial charge in [0.15, 0.2) is 0 Å². The molecule has 32 heavy (non-hydrogen) atoms. The maximum Gasteiger partial charge on any atom is 0.313 e. The summed E-state index contributed by atoms with van der Waals surface area (Å²) >= 11 is 0. The number of allylic oxidation sites excluding steroid dienone is 1. The summed E-state index contributed by atoms with van der Waals surface area (Å²) in [5.41, 5.74) is 2.98. The van der Waals surface area contributed by atoms with Gasteiger partial charge in [0.2, 0.25) is 0 Å². The second-order valence-electron chi connectivity index (χ2n) is 7.83. The molecule has 0 saturated carbocycles. The highest BCUT2D eigenvalue weighted by atomic mass is 19.1. The van der Waals surface area contributed by atoms with Gasteiger partial charge < -0.3 is 10.1 Å². The summed E-state index contributed by atoms with van der Waals surface area (Å²) in [6.07, 6.45) is 4.21. The van der Waals surface area contributed by atoms with Crippen molar-refractivity contribution in [2.75, 3.05) is 7.11 Å². The van der Waals surface area contributed by atoms with Gasteiger partial charge in [-0.15, -0.1) is 0 Å². The third kappa shape index (κ3) is 4.62. The summed E-state index contributed by atoms with van der Waals surface area (Å²) in [5, 5.41) is 2.99. The molecular formula is C27H24FNO3. The molecule has 162 valence electrons. The van der Waals surface area contributed by atoms with Gasteiger partial charge in [-0.25, -0.2) is 4.39 Å². The highest BCUT2D eigenvalue weighted by Gasteiger charge is 2.35. The number of hydrogen-bond donors (Lipinski definition) is 1. The minimum absolute atomic E-state index is 0.194. The molecule has 0 radical (unpaired) electrons. The molecule has 0 aromatic heterocycles. The molecule has 4 nitrogen and oxygen atoms in total. The van der Waals surface area contributed by atoms with Crippen LogP contribution in [0.4, 0.5) is 4.39 Å². The third-order valence-electron chi connectivity index (χ3n) is 5.81. The number of methoxy groups -OCH3 is 1. The van der Waals surface area contributed by atoms with Gasteiger partial charge in [0.1, 0.15) is 5.82 Å². The number of amides is 1. The maximum atomic E-state index is 14.4. The quantitative estimate of drug-likeness (QED) is 0.437. The van der Waals surface area contributed by atoms with E-state index in [1.807, 2.05) is 54.6 Å². The van der Waals surface area contributed by atoms with Crippen molar-refractivity contribution in [1.82, 2.24) is 5.32 Å². The number of benzene rings is 3. The Morgan fingerprint density at radius 1 is 0.906 bits per heavy atom. The summed E-state index contributed by atoms with van der Waals surface area (Å²) in [6, 6.07) is 23.4. The van der Waals surface area contributed by atoms with Crippen LogP contribution in [0.2, 0.25) is 0 Å². The molecule has 0 aliphatic heterocycles. The Bertz CT molecular complexity index is 1130. The zero-order chi connectivity index (χ0) is 22.5. The minimum atomic E-state index is -0.760. The smallest absolute Gasteiger partial charge is 0.313 e. The lowest BCUT2D eigenvalue weighted by Crippen LogP contribution is -2.33. The topological polar surface area (TPSA) is 55.4 Å². The lowest BCUT2D eigenvalue weighted by atomic mass is 9.85. The Kier molecular flexibility index (Phi) is 6.45. The second kappa shape index (κ2) is 9.60. The fraction of sp³-hybridized carbons (Fsp3) is 0.185. The van der Waals surface area contributed by atoms with E-state index in [-0.39, 0.29) is 17.9 Å². The molecule has 0 saturated heterocycles. The molecular weight excluding hydrogens is 405 g/mol. The summed E-state index contributed by atoms with van der Waals surface area (Å²) < 4.78 is 19.3. The first-order chi connectivity index (χ1) is 15.6. The van der Waals surface area contributed by atoms with Crippen LogP contribution in [-0.4, -0.2) is 25.0 Å². The summed E-state index contributed by atoms with van der Waals surface area (Å²) in [5.74, 6) is -2.16. The van der Waals surface area contributed by atoms with E-state index < -0.39 is 17.7 Å². The van der Waals surface area contributed by atoms with E-state index >= 15 is 0 Å². The van der Waals surface area contributed by atoms with Gasteiger partial charge in [-0.1, -0.05) is 72.8 Å². The zero-order valence-electron chi connectivity index (χ0n) is 17.7. The average molecular weight is 429 g/mol. The molecule has 0 fully saturated rings. The molecule has 0 heterocycles. The van der Waals surface area contributed by atoms with Crippen molar-refractivity contribution in [3.05, 3.63) is 108 Å². The van der Waals surface area contributed by atoms with Crippen molar-refractivity contribution in [2.45, 2.75) is 18.4 Å². The van der Waals surface area contributed by atoms with Crippen molar-refractivity contribution in [2.24, 2.45) is 5.92 Å². The molecule has 0 spiro atoms. The van der Waals surface area contributed by atoms with Crippen molar-refractivity contribution in [3.63, 3.8) is 0 Å². The molecule has 3 atom stereocenters. The van der Waals surface area contributed by atoms with Crippen LogP contribution in [-0.2, 0) is 9.53 Å². The van der Waals surface area contributed by atoms with Gasteiger partial charge in [-0.3, -0.25) is 9.59 Å². The monoisotopic (exact) mass is 429 g/mol. The SMILES string of the molecule is COC(=O)[C@H](c1ccccc1F)[C@@H]1C=C[C@@H](NC(=O)c2ccc(-c3ccccc3)cc2)C1. The van der Waals surface area contributed by atoms with Crippen LogP contribution in [0.1, 0.15) is 28.3 Å². The van der Waals surface area contributed by atoms with E-state index in [9.17, 15) is 14.0 Å². The molecule has 5 heteroatoms. The maximum absolute atomic E-state index is 14.4. The number of esters is 1. The number of ether oxygens (including phenoxy) is 1. The normalized spacial score (nSPS) is 18.2. The van der Waals surface area contributed by atoms with Crippen molar-refractivity contribution >= 4 is 11.9 Å². The fourth-order valence-electron chi connectivity index (χ4n) is 4.16. The van der Waals surface area contributed by atoms with Crippen LogP contribution in [0.15, 0.2) is 91.0 Å². The van der Waals surface area contributed by atoms with Crippen LogP contribution in [0.3, 0.4) is 0 Å². The van der Waals surface area contributed by atoms with Gasteiger partial charge in [0.25, 0.3) is 5.91 Å². The van der Waals surface area contributed by atoms with Crippen LogP contribution < -0.4 is 5.32 Å². The summed E-state index contributed by atoms with van der Waals surface area (Å²) in [6.45, 7) is 0. The fourth-order valence-corrected chi connectivity index (χ4v) is 4.16. The van der Waals surface area contributed by atoms with Crippen molar-refractivity contribution in [3.8, 4) is 11.1 Å². The molecule has 1 amide bonds. The van der Waals surface area contributed by atoms with Gasteiger partial charge in [-0.2, -0.15) is 0 Å². The number of nitrogens with one attached hydrogen (secondary N) is 1. The van der Waals surface area contributed by atoms with Gasteiger partial charge in [0.05, 0.1) is 13.0 Å². The second-order valence-corrected chi connectivity index (χ2v) is 7.83. The zero-order valence-corrected chi connectivity index (χ0v) is 17.7. The van der Waals surface area contributed by atoms with Crippen LogP contribution in [0.5, 0.6) is 0 Å². The van der Waals surface area contributed by atoms with Crippen molar-refractivity contribution in [1.29, 1.82) is 0 Å². The van der Waals surface area contributed by atoms with Crippen molar-refractivity contribution < 1.29 is 18.7 Å². The standard InChI is InChI=1S/C27H24FNO3/c1-32-27(31)25(23-9-5-6-10-24(23)28)21-15-16-22(17-21)29-26(30)20-13-11-19(12-14-20)18-7-3-2-4-8-18/h2-16,21-22,25H,17H2,1H3,(H,29,30)/t21-,22-,25+/m1/s1. The van der Waals surface area contributed by atoms with E-state index in [0.29, 0.717) is 17.5 Å². The molecule has 4 rings (SSSR count). The van der Waals surface area contributed by atoms with Crippen LogP contribution in [0, 0.1) is 11.7 Å². The van der Waals surface area contributed by atoms with Gasteiger partial charge >= 0.3 is 5.97 Å². The van der Waals surface area contributed by atoms with E-state index in [2.05, 4.69) is 5.32 Å². The highest BCUT2D eigenvalue weighted by Crippen LogP contribution is 2.35. The van der Waals surface area contributed by atoms with Gasteiger partial charge in [-0.05, 0) is 41.7 Å². The Morgan fingerprint density at radius 3 is 2.25 bits per heavy atom. The van der Waals surface area contributed by atoms with E-state index in [1.165, 1.54) is 13.2 Å². The number of hydrogen-bond acceptors (Lipinski definition) is 3. The molecule has 1 N–H and O–H groups in total. The summed E-state index contributed by atoms with van der Waals surface area (Å²) in [4.78, 5) is 25.2.